The van der Waals surface area contributed by atoms with E-state index in [1.165, 1.54) is 42.8 Å². The zero-order valence-electron chi connectivity index (χ0n) is 14.3. The molecule has 1 atom stereocenters. The molecule has 6 heteroatoms. The fraction of sp³-hybridized carbons (Fsp3) is 0.474. The zero-order valence-corrected chi connectivity index (χ0v) is 14.3. The summed E-state index contributed by atoms with van der Waals surface area (Å²) in [5, 5.41) is 4.56. The van der Waals surface area contributed by atoms with Crippen molar-refractivity contribution in [3.8, 4) is 0 Å². The zero-order chi connectivity index (χ0) is 17.4. The van der Waals surface area contributed by atoms with E-state index in [1.807, 2.05) is 11.1 Å². The van der Waals surface area contributed by atoms with Crippen LogP contribution in [0, 0.1) is 11.7 Å². The topological polar surface area (TPSA) is 47.4 Å². The highest BCUT2D eigenvalue weighted by Crippen LogP contribution is 2.34. The molecule has 2 aliphatic rings. The minimum absolute atomic E-state index is 0.0818. The van der Waals surface area contributed by atoms with Crippen LogP contribution >= 0.6 is 0 Å². The summed E-state index contributed by atoms with van der Waals surface area (Å²) in [5.74, 6) is 0.434. The fourth-order valence-corrected chi connectivity index (χ4v) is 3.60. The van der Waals surface area contributed by atoms with Gasteiger partial charge in [0, 0.05) is 43.8 Å². The van der Waals surface area contributed by atoms with Crippen LogP contribution in [0.15, 0.2) is 30.5 Å². The maximum absolute atomic E-state index is 13.1. The molecule has 0 saturated heterocycles. The molecule has 132 valence electrons. The highest BCUT2D eigenvalue weighted by Gasteiger charge is 2.33. The van der Waals surface area contributed by atoms with E-state index in [9.17, 15) is 9.18 Å². The van der Waals surface area contributed by atoms with Gasteiger partial charge in [-0.05, 0) is 43.0 Å². The molecule has 1 aromatic carbocycles. The van der Waals surface area contributed by atoms with Gasteiger partial charge in [0.25, 0.3) is 5.91 Å². The highest BCUT2D eigenvalue weighted by molar-refractivity contribution is 5.94. The second-order valence-electron chi connectivity index (χ2n) is 7.03. The number of hydrogen-bond acceptors (Lipinski definition) is 3. The molecule has 1 aliphatic carbocycles. The van der Waals surface area contributed by atoms with Crippen LogP contribution < -0.4 is 0 Å². The van der Waals surface area contributed by atoms with E-state index >= 15 is 0 Å². The standard InChI is InChI=1S/C19H22FN3O2/c1-25-12-16-11-22(19(24)14-4-6-17(20)7-5-14)10-15-8-21-23(18(15)16)9-13-2-3-13/h4-8,13,16H,2-3,9-12H2,1H3. The van der Waals surface area contributed by atoms with Crippen LogP contribution in [0.4, 0.5) is 4.39 Å². The third-order valence-electron chi connectivity index (χ3n) is 5.02. The monoisotopic (exact) mass is 343 g/mol. The summed E-state index contributed by atoms with van der Waals surface area (Å²) < 4.78 is 20.6. The van der Waals surface area contributed by atoms with Crippen molar-refractivity contribution < 1.29 is 13.9 Å². The number of carbonyl (C=O) groups excluding carboxylic acids is 1. The van der Waals surface area contributed by atoms with Gasteiger partial charge in [0.1, 0.15) is 5.82 Å². The molecule has 2 heterocycles. The predicted molar refractivity (Wildman–Crippen MR) is 90.7 cm³/mol. The third-order valence-corrected chi connectivity index (χ3v) is 5.02. The Balaban J connectivity index is 1.59. The van der Waals surface area contributed by atoms with Crippen LogP contribution in [0.1, 0.15) is 40.4 Å². The van der Waals surface area contributed by atoms with Crippen LogP contribution in [-0.2, 0) is 17.8 Å². The molecule has 0 radical (unpaired) electrons. The van der Waals surface area contributed by atoms with Crippen molar-refractivity contribution in [2.24, 2.45) is 5.92 Å². The molecule has 2 aromatic rings. The highest BCUT2D eigenvalue weighted by atomic mass is 19.1. The number of carbonyl (C=O) groups is 1. The molecule has 1 fully saturated rings. The van der Waals surface area contributed by atoms with Gasteiger partial charge in [-0.1, -0.05) is 0 Å². The molecule has 1 saturated carbocycles. The number of benzene rings is 1. The van der Waals surface area contributed by atoms with Crippen molar-refractivity contribution in [3.63, 3.8) is 0 Å². The van der Waals surface area contributed by atoms with Crippen LogP contribution in [0.3, 0.4) is 0 Å². The normalized spacial score (nSPS) is 19.8. The first-order chi connectivity index (χ1) is 12.2. The van der Waals surface area contributed by atoms with Crippen LogP contribution in [0.5, 0.6) is 0 Å². The van der Waals surface area contributed by atoms with Crippen molar-refractivity contribution in [1.29, 1.82) is 0 Å². The van der Waals surface area contributed by atoms with Gasteiger partial charge in [0.05, 0.1) is 18.5 Å². The lowest BCUT2D eigenvalue weighted by atomic mass is 9.96. The number of amides is 1. The molecule has 0 N–H and O–H groups in total. The summed E-state index contributed by atoms with van der Waals surface area (Å²) in [6.07, 6.45) is 4.43. The average molecular weight is 343 g/mol. The second kappa shape index (κ2) is 6.59. The lowest BCUT2D eigenvalue weighted by molar-refractivity contribution is 0.0675. The Kier molecular flexibility index (Phi) is 4.29. The molecular formula is C19H22FN3O2. The van der Waals surface area contributed by atoms with E-state index in [2.05, 4.69) is 9.78 Å². The second-order valence-corrected chi connectivity index (χ2v) is 7.03. The lowest BCUT2D eigenvalue weighted by Gasteiger charge is -2.33. The van der Waals surface area contributed by atoms with E-state index in [0.29, 0.717) is 25.3 Å². The SMILES string of the molecule is COCC1CN(C(=O)c2ccc(F)cc2)Cc2cnn(CC3CC3)c21. The van der Waals surface area contributed by atoms with Crippen molar-refractivity contribution in [1.82, 2.24) is 14.7 Å². The maximum Gasteiger partial charge on any atom is 0.254 e. The number of rotatable bonds is 5. The third kappa shape index (κ3) is 3.31. The molecular weight excluding hydrogens is 321 g/mol. The largest absolute Gasteiger partial charge is 0.384 e. The van der Waals surface area contributed by atoms with E-state index in [0.717, 1.165) is 18.0 Å². The Morgan fingerprint density at radius 2 is 2.08 bits per heavy atom. The first kappa shape index (κ1) is 16.3. The first-order valence-corrected chi connectivity index (χ1v) is 8.74. The predicted octanol–water partition coefficient (Wildman–Crippen LogP) is 2.82. The molecule has 1 unspecified atom stereocenters. The maximum atomic E-state index is 13.1. The van der Waals surface area contributed by atoms with E-state index in [1.54, 1.807) is 7.11 Å². The smallest absolute Gasteiger partial charge is 0.254 e. The van der Waals surface area contributed by atoms with Gasteiger partial charge in [0.2, 0.25) is 0 Å². The first-order valence-electron chi connectivity index (χ1n) is 8.74. The molecule has 1 aliphatic heterocycles. The Bertz CT molecular complexity index is 767. The van der Waals surface area contributed by atoms with Crippen molar-refractivity contribution in [2.75, 3.05) is 20.3 Å². The van der Waals surface area contributed by atoms with E-state index in [-0.39, 0.29) is 17.6 Å². The molecule has 1 amide bonds. The minimum atomic E-state index is -0.337. The number of methoxy groups -OCH3 is 1. The van der Waals surface area contributed by atoms with E-state index < -0.39 is 0 Å². The Morgan fingerprint density at radius 3 is 2.76 bits per heavy atom. The number of hydrogen-bond donors (Lipinski definition) is 0. The summed E-state index contributed by atoms with van der Waals surface area (Å²) in [5.41, 5.74) is 2.80. The summed E-state index contributed by atoms with van der Waals surface area (Å²) in [6.45, 7) is 2.64. The van der Waals surface area contributed by atoms with Crippen LogP contribution in [-0.4, -0.2) is 40.8 Å². The fourth-order valence-electron chi connectivity index (χ4n) is 3.60. The molecule has 25 heavy (non-hydrogen) atoms. The number of nitrogens with zero attached hydrogens (tertiary/aromatic N) is 3. The van der Waals surface area contributed by atoms with Crippen molar-refractivity contribution in [2.45, 2.75) is 31.8 Å². The number of ether oxygens (including phenoxy) is 1. The summed E-state index contributed by atoms with van der Waals surface area (Å²) in [6, 6.07) is 5.72. The van der Waals surface area contributed by atoms with Crippen molar-refractivity contribution >= 4 is 5.91 Å². The van der Waals surface area contributed by atoms with Gasteiger partial charge in [-0.15, -0.1) is 0 Å². The molecule has 0 bridgehead atoms. The van der Waals surface area contributed by atoms with Crippen LogP contribution in [0.25, 0.3) is 0 Å². The van der Waals surface area contributed by atoms with Crippen molar-refractivity contribution in [3.05, 3.63) is 53.1 Å². The van der Waals surface area contributed by atoms with Gasteiger partial charge >= 0.3 is 0 Å². The average Bonchev–Trinajstić information content (AvgIpc) is 3.34. The van der Waals surface area contributed by atoms with Gasteiger partial charge in [-0.3, -0.25) is 9.48 Å². The number of fused-ring (bicyclic) bond motifs is 1. The Morgan fingerprint density at radius 1 is 1.32 bits per heavy atom. The summed E-state index contributed by atoms with van der Waals surface area (Å²) in [4.78, 5) is 14.6. The van der Waals surface area contributed by atoms with Gasteiger partial charge in [-0.2, -0.15) is 5.10 Å². The summed E-state index contributed by atoms with van der Waals surface area (Å²) in [7, 11) is 1.68. The quantitative estimate of drug-likeness (QED) is 0.839. The Labute approximate surface area is 146 Å². The lowest BCUT2D eigenvalue weighted by Crippen LogP contribution is -2.40. The molecule has 1 aromatic heterocycles. The Hall–Kier alpha value is -2.21. The van der Waals surface area contributed by atoms with Crippen LogP contribution in [0.2, 0.25) is 0 Å². The summed E-state index contributed by atoms with van der Waals surface area (Å²) >= 11 is 0. The molecule has 5 nitrogen and oxygen atoms in total. The minimum Gasteiger partial charge on any atom is -0.384 e. The van der Waals surface area contributed by atoms with E-state index in [4.69, 9.17) is 4.74 Å². The van der Waals surface area contributed by atoms with Gasteiger partial charge < -0.3 is 9.64 Å². The van der Waals surface area contributed by atoms with Gasteiger partial charge in [0.15, 0.2) is 0 Å². The van der Waals surface area contributed by atoms with Gasteiger partial charge in [-0.25, -0.2) is 4.39 Å². The number of aromatic nitrogens is 2. The number of halogens is 1. The molecule has 0 spiro atoms. The molecule has 4 rings (SSSR count).